The molecule has 81 heavy (non-hydrogen) atoms. The zero-order valence-electron chi connectivity index (χ0n) is 60.2. The number of para-hydroxylation sites is 4. The Labute approximate surface area is 507 Å². The predicted octanol–water partition coefficient (Wildman–Crippen LogP) is 18.3. The SMILES string of the molecule is [2H]c1c([2H])c([2H])c(-c2cc(C([2H])([2H])C(C)(C)C)cc(-c3ccc(C(C)(C)C)cc3)c2-n2[c](=[Pt])n(-c3cccc(Oc4nc(N5B(c6ccccc6)n6c7ccccc7c7cccc5c76)cc(C([2H])([2H])C(C)C)c4-c4c([2H])c([2H])c([2H])c([2H])c4[2H])c3)c3ccccc32)c([2H])c1[2H]. The Bertz CT molecular complexity index is 5170. The van der Waals surface area contributed by atoms with E-state index in [4.69, 9.17) is 17.9 Å². The second kappa shape index (κ2) is 20.7. The summed E-state index contributed by atoms with van der Waals surface area (Å²) in [6.45, 7) is 14.6. The van der Waals surface area contributed by atoms with Crippen molar-refractivity contribution in [3.8, 4) is 56.4 Å². The van der Waals surface area contributed by atoms with Crippen LogP contribution in [0.25, 0.3) is 77.6 Å². The molecule has 0 fully saturated rings. The van der Waals surface area contributed by atoms with Crippen molar-refractivity contribution in [1.82, 2.24) is 18.6 Å². The molecule has 0 bridgehead atoms. The molecule has 0 amide bonds. The van der Waals surface area contributed by atoms with E-state index in [1.807, 2.05) is 129 Å². The van der Waals surface area contributed by atoms with Gasteiger partial charge in [-0.3, -0.25) is 0 Å². The Balaban J connectivity index is 1.08. The molecule has 0 atom stereocenters. The van der Waals surface area contributed by atoms with Crippen LogP contribution in [0, 0.1) is 15.1 Å². The summed E-state index contributed by atoms with van der Waals surface area (Å²) in [6, 6.07) is 46.3. The Kier molecular flexibility index (Phi) is 9.81. The summed E-state index contributed by atoms with van der Waals surface area (Å²) < 4.78 is 145. The van der Waals surface area contributed by atoms with Crippen molar-refractivity contribution in [3.05, 3.63) is 245 Å². The first-order chi connectivity index (χ1) is 44.9. The van der Waals surface area contributed by atoms with Crippen LogP contribution in [0.15, 0.2) is 224 Å². The summed E-state index contributed by atoms with van der Waals surface area (Å²) in [5.41, 5.74) is 6.66. The fraction of sp³-hybridized carbons (Fsp3) is 0.178. The molecule has 8 heteroatoms. The molecule has 0 saturated heterocycles. The zero-order valence-corrected chi connectivity index (χ0v) is 48.5. The van der Waals surface area contributed by atoms with Gasteiger partial charge in [0.05, 0.1) is 1.37 Å². The molecule has 0 saturated carbocycles. The summed E-state index contributed by atoms with van der Waals surface area (Å²) in [6.07, 6.45) is -4.28. The molecule has 1 aliphatic rings. The van der Waals surface area contributed by atoms with Crippen LogP contribution in [0.1, 0.15) is 91.3 Å². The van der Waals surface area contributed by atoms with Gasteiger partial charge < -0.3 is 0 Å². The molecule has 3 aromatic heterocycles. The van der Waals surface area contributed by atoms with Gasteiger partial charge in [-0.2, -0.15) is 0 Å². The van der Waals surface area contributed by atoms with E-state index in [9.17, 15) is 11.0 Å². The van der Waals surface area contributed by atoms with E-state index < -0.39 is 91.5 Å². The third kappa shape index (κ3) is 9.59. The summed E-state index contributed by atoms with van der Waals surface area (Å²) in [5.74, 6) is -0.543. The molecular formula is C73H66BN5OPt. The van der Waals surface area contributed by atoms with Gasteiger partial charge in [0.2, 0.25) is 0 Å². The number of benzene rings is 9. The quantitative estimate of drug-likeness (QED) is 0.114. The standard InChI is InChI=1S/C73H66BN5O.Pt/c1-49(2)42-54-45-67(78-66-37-23-33-60-59-32-18-19-34-63(59)79(70(60)66)74(78)56-28-16-11-17-29-56)75-71(68(54)53-26-14-10-15-27-53)80-58-31-22-30-57(46-58)76-48-77(65-36-21-20-35-64(65)76)69-61(51-24-12-9-13-25-51)43-50(47-72(3,4)5)44-62(69)52-38-40-55(41-39-52)73(6,7)8;/h9-41,43-46,49H,42,47H2,1-8H3;/i9D,10D,12D,13D,14D,15D,24D,25D,26D,27D,42D2,47D2;. The summed E-state index contributed by atoms with van der Waals surface area (Å²) in [4.78, 5) is 7.43. The fourth-order valence-electron chi connectivity index (χ4n) is 11.3. The number of pyridine rings is 1. The normalized spacial score (nSPS) is 15.5. The number of aromatic nitrogens is 4. The van der Waals surface area contributed by atoms with Gasteiger partial charge in [-0.15, -0.1) is 0 Å². The second-order valence-electron chi connectivity index (χ2n) is 22.8. The van der Waals surface area contributed by atoms with Crippen molar-refractivity contribution >= 4 is 56.8 Å². The molecule has 0 N–H and O–H groups in total. The molecule has 0 aliphatic carbocycles. The summed E-state index contributed by atoms with van der Waals surface area (Å²) in [5, 5.41) is 2.04. The van der Waals surface area contributed by atoms with Crippen LogP contribution in [-0.4, -0.2) is 25.6 Å². The van der Waals surface area contributed by atoms with Crippen LogP contribution < -0.4 is 15.0 Å². The van der Waals surface area contributed by atoms with Gasteiger partial charge in [0.25, 0.3) is 0 Å². The van der Waals surface area contributed by atoms with Crippen molar-refractivity contribution in [1.29, 1.82) is 0 Å². The molecule has 402 valence electrons. The zero-order chi connectivity index (χ0) is 68.0. The molecule has 1 aliphatic heterocycles. The van der Waals surface area contributed by atoms with Crippen LogP contribution in [-0.2, 0) is 37.5 Å². The third-order valence-electron chi connectivity index (χ3n) is 14.6. The van der Waals surface area contributed by atoms with E-state index in [0.717, 1.165) is 38.5 Å². The van der Waals surface area contributed by atoms with Crippen molar-refractivity contribution in [2.45, 2.75) is 73.6 Å². The average Bonchev–Trinajstić information content (AvgIpc) is 1.59. The number of hydrogen-bond acceptors (Lipinski definition) is 3. The van der Waals surface area contributed by atoms with Gasteiger partial charge in [-0.25, -0.2) is 0 Å². The van der Waals surface area contributed by atoms with Crippen molar-refractivity contribution in [3.63, 3.8) is 0 Å². The summed E-state index contributed by atoms with van der Waals surface area (Å²) in [7, 11) is 0. The van der Waals surface area contributed by atoms with Gasteiger partial charge in [0, 0.05) is 16.3 Å². The minimum atomic E-state index is -2.25. The van der Waals surface area contributed by atoms with Crippen LogP contribution in [0.5, 0.6) is 11.6 Å². The first-order valence-electron chi connectivity index (χ1n) is 34.2. The van der Waals surface area contributed by atoms with Crippen molar-refractivity contribution < 1.29 is 43.3 Å². The molecule has 6 nitrogen and oxygen atoms in total. The topological polar surface area (TPSA) is 40.1 Å². The fourth-order valence-corrected chi connectivity index (χ4v) is 12.4. The number of ether oxygens (including phenoxy) is 1. The average molecular weight is 1250 g/mol. The van der Waals surface area contributed by atoms with Crippen LogP contribution in [0.3, 0.4) is 0 Å². The van der Waals surface area contributed by atoms with Crippen LogP contribution in [0.4, 0.5) is 11.5 Å². The van der Waals surface area contributed by atoms with E-state index in [1.54, 1.807) is 65.0 Å². The maximum atomic E-state index is 10.0. The first-order valence-corrected chi connectivity index (χ1v) is 28.3. The number of hydrogen-bond donors (Lipinski definition) is 0. The molecule has 9 aromatic carbocycles. The third-order valence-corrected chi connectivity index (χ3v) is 15.7. The molecule has 13 rings (SSSR count). The van der Waals surface area contributed by atoms with E-state index in [0.29, 0.717) is 37.3 Å². The van der Waals surface area contributed by atoms with Crippen LogP contribution >= 0.6 is 0 Å². The molecule has 0 radical (unpaired) electrons. The number of imidazole rings is 1. The van der Waals surface area contributed by atoms with Crippen molar-refractivity contribution in [2.24, 2.45) is 11.3 Å². The van der Waals surface area contributed by atoms with Gasteiger partial charge in [-0.1, -0.05) is 60.7 Å². The molecule has 12 aromatic rings. The molecule has 0 unspecified atom stereocenters. The second-order valence-corrected chi connectivity index (χ2v) is 23.9. The number of rotatable bonds is 12. The van der Waals surface area contributed by atoms with Gasteiger partial charge in [0.15, 0.2) is 0 Å². The van der Waals surface area contributed by atoms with Crippen molar-refractivity contribution in [2.75, 3.05) is 4.81 Å². The van der Waals surface area contributed by atoms with Gasteiger partial charge >= 0.3 is 425 Å². The Morgan fingerprint density at radius 1 is 0.617 bits per heavy atom. The van der Waals surface area contributed by atoms with E-state index in [-0.39, 0.29) is 56.2 Å². The first kappa shape index (κ1) is 38.4. The van der Waals surface area contributed by atoms with Gasteiger partial charge in [-0.05, 0) is 6.07 Å². The predicted molar refractivity (Wildman–Crippen MR) is 336 cm³/mol. The Morgan fingerprint density at radius 2 is 1.23 bits per heavy atom. The Morgan fingerprint density at radius 3 is 1.91 bits per heavy atom. The molecule has 4 heterocycles. The monoisotopic (exact) mass is 1250 g/mol. The Hall–Kier alpha value is -8.25. The maximum absolute atomic E-state index is 10.0. The molecular weight excluding hydrogens is 1170 g/mol. The van der Waals surface area contributed by atoms with Crippen LogP contribution in [0.2, 0.25) is 0 Å². The minimum absolute atomic E-state index is 0.0185. The van der Waals surface area contributed by atoms with Gasteiger partial charge in [0.1, 0.15) is 0 Å². The molecule has 0 spiro atoms. The number of anilines is 2. The number of fused-ring (bicyclic) bond motifs is 4. The van der Waals surface area contributed by atoms with E-state index in [2.05, 4.69) is 62.8 Å². The summed E-state index contributed by atoms with van der Waals surface area (Å²) >= 11 is 2.22. The van der Waals surface area contributed by atoms with E-state index >= 15 is 0 Å². The van der Waals surface area contributed by atoms with E-state index in [1.165, 1.54) is 0 Å². The number of nitrogens with zero attached hydrogens (tertiary/aromatic N) is 5.